The number of carbonyl (C=O) groups is 2. The Morgan fingerprint density at radius 3 is 2.46 bits per heavy atom. The van der Waals surface area contributed by atoms with E-state index < -0.39 is 11.9 Å². The highest BCUT2D eigenvalue weighted by Gasteiger charge is 2.26. The van der Waals surface area contributed by atoms with Crippen molar-refractivity contribution in [1.82, 2.24) is 4.90 Å². The number of carboxylic acid groups (broad SMARTS) is 2. The second-order valence-corrected chi connectivity index (χ2v) is 7.83. The summed E-state index contributed by atoms with van der Waals surface area (Å²) < 4.78 is 5.95. The summed E-state index contributed by atoms with van der Waals surface area (Å²) in [5.74, 6) is -0.00568. The van der Waals surface area contributed by atoms with Crippen LogP contribution in [0.4, 0.5) is 0 Å². The van der Waals surface area contributed by atoms with E-state index in [1.54, 1.807) is 18.2 Å². The number of hydrogen-bond acceptors (Lipinski definition) is 5. The molecule has 2 aromatic carbocycles. The molecule has 1 aliphatic rings. The average Bonchev–Trinajstić information content (AvgIpc) is 2.78. The SMILES string of the molecule is CC(=O)O.CN(C)CCSC1c2ccccc2COc2ccc(C(=O)O)cc21. The highest BCUT2D eigenvalue weighted by Crippen LogP contribution is 2.44. The van der Waals surface area contributed by atoms with Gasteiger partial charge in [0, 0.05) is 24.8 Å². The van der Waals surface area contributed by atoms with E-state index in [0.29, 0.717) is 12.2 Å². The van der Waals surface area contributed by atoms with Gasteiger partial charge < -0.3 is 19.8 Å². The molecule has 0 amide bonds. The second-order valence-electron chi connectivity index (χ2n) is 6.62. The van der Waals surface area contributed by atoms with Crippen molar-refractivity contribution in [2.45, 2.75) is 18.8 Å². The van der Waals surface area contributed by atoms with Crippen LogP contribution in [0.3, 0.4) is 0 Å². The van der Waals surface area contributed by atoms with Gasteiger partial charge in [0.25, 0.3) is 5.97 Å². The number of hydrogen-bond donors (Lipinski definition) is 2. The van der Waals surface area contributed by atoms with E-state index in [1.807, 2.05) is 23.9 Å². The molecule has 0 bridgehead atoms. The molecular weight excluding hydrogens is 378 g/mol. The van der Waals surface area contributed by atoms with Crippen LogP contribution in [-0.2, 0) is 11.4 Å². The molecule has 1 aliphatic heterocycles. The number of fused-ring (bicyclic) bond motifs is 2. The summed E-state index contributed by atoms with van der Waals surface area (Å²) >= 11 is 1.83. The normalized spacial score (nSPS) is 14.6. The Bertz CT molecular complexity index is 833. The molecule has 0 spiro atoms. The third-order valence-corrected chi connectivity index (χ3v) is 5.34. The predicted molar refractivity (Wildman–Crippen MR) is 110 cm³/mol. The molecule has 3 rings (SSSR count). The Morgan fingerprint density at radius 1 is 1.14 bits per heavy atom. The van der Waals surface area contributed by atoms with Gasteiger partial charge in [-0.3, -0.25) is 4.79 Å². The van der Waals surface area contributed by atoms with Crippen molar-refractivity contribution in [3.63, 3.8) is 0 Å². The van der Waals surface area contributed by atoms with Crippen LogP contribution < -0.4 is 4.74 Å². The largest absolute Gasteiger partial charge is 0.489 e. The quantitative estimate of drug-likeness (QED) is 0.786. The number of rotatable bonds is 5. The van der Waals surface area contributed by atoms with Crippen molar-refractivity contribution in [2.75, 3.05) is 26.4 Å². The molecule has 0 saturated heterocycles. The maximum absolute atomic E-state index is 11.4. The molecule has 2 N–H and O–H groups in total. The van der Waals surface area contributed by atoms with Crippen molar-refractivity contribution in [3.8, 4) is 5.75 Å². The van der Waals surface area contributed by atoms with Gasteiger partial charge in [0.05, 0.1) is 10.8 Å². The maximum Gasteiger partial charge on any atom is 0.335 e. The van der Waals surface area contributed by atoms with Gasteiger partial charge in [0.2, 0.25) is 0 Å². The molecule has 1 heterocycles. The lowest BCUT2D eigenvalue weighted by atomic mass is 9.98. The summed E-state index contributed by atoms with van der Waals surface area (Å²) in [4.78, 5) is 22.5. The van der Waals surface area contributed by atoms with Crippen LogP contribution in [0, 0.1) is 0 Å². The van der Waals surface area contributed by atoms with Crippen molar-refractivity contribution in [3.05, 3.63) is 64.7 Å². The summed E-state index contributed by atoms with van der Waals surface area (Å²) in [7, 11) is 4.11. The summed E-state index contributed by atoms with van der Waals surface area (Å²) in [5.41, 5.74) is 3.62. The fraction of sp³-hybridized carbons (Fsp3) is 0.333. The topological polar surface area (TPSA) is 87.1 Å². The van der Waals surface area contributed by atoms with Gasteiger partial charge in [-0.2, -0.15) is 0 Å². The van der Waals surface area contributed by atoms with E-state index in [9.17, 15) is 9.90 Å². The number of ether oxygens (including phenoxy) is 1. The summed E-state index contributed by atoms with van der Waals surface area (Å²) in [5, 5.41) is 16.8. The minimum absolute atomic E-state index is 0.0814. The lowest BCUT2D eigenvalue weighted by molar-refractivity contribution is -0.134. The van der Waals surface area contributed by atoms with E-state index in [2.05, 4.69) is 31.1 Å². The highest BCUT2D eigenvalue weighted by atomic mass is 32.2. The molecular formula is C21H25NO5S. The van der Waals surface area contributed by atoms with E-state index in [-0.39, 0.29) is 5.25 Å². The molecule has 0 radical (unpaired) electrons. The Balaban J connectivity index is 0.000000640. The molecule has 1 unspecified atom stereocenters. The zero-order valence-corrected chi connectivity index (χ0v) is 17.0. The first-order chi connectivity index (χ1) is 13.3. The van der Waals surface area contributed by atoms with E-state index in [4.69, 9.17) is 14.6 Å². The predicted octanol–water partition coefficient (Wildman–Crippen LogP) is 3.75. The van der Waals surface area contributed by atoms with Crippen LogP contribution in [0.25, 0.3) is 0 Å². The highest BCUT2D eigenvalue weighted by molar-refractivity contribution is 7.99. The smallest absolute Gasteiger partial charge is 0.335 e. The van der Waals surface area contributed by atoms with Crippen molar-refractivity contribution >= 4 is 23.7 Å². The van der Waals surface area contributed by atoms with E-state index in [0.717, 1.165) is 36.1 Å². The number of aliphatic carboxylic acids is 1. The summed E-state index contributed by atoms with van der Waals surface area (Å²) in [6.45, 7) is 2.57. The molecule has 150 valence electrons. The van der Waals surface area contributed by atoms with Gasteiger partial charge in [-0.05, 0) is 43.4 Å². The first-order valence-electron chi connectivity index (χ1n) is 8.83. The monoisotopic (exact) mass is 403 g/mol. The van der Waals surface area contributed by atoms with Gasteiger partial charge in [0.15, 0.2) is 0 Å². The fourth-order valence-corrected chi connectivity index (χ4v) is 4.27. The van der Waals surface area contributed by atoms with Crippen LogP contribution in [0.5, 0.6) is 5.75 Å². The van der Waals surface area contributed by atoms with Gasteiger partial charge >= 0.3 is 5.97 Å². The first kappa shape index (κ1) is 21.8. The van der Waals surface area contributed by atoms with Crippen molar-refractivity contribution < 1.29 is 24.5 Å². The molecule has 6 nitrogen and oxygen atoms in total. The minimum atomic E-state index is -0.910. The number of benzene rings is 2. The molecule has 0 aromatic heterocycles. The van der Waals surface area contributed by atoms with Crippen LogP contribution in [0.2, 0.25) is 0 Å². The van der Waals surface area contributed by atoms with Crippen molar-refractivity contribution in [1.29, 1.82) is 0 Å². The lowest BCUT2D eigenvalue weighted by Gasteiger charge is -2.20. The Morgan fingerprint density at radius 2 is 1.82 bits per heavy atom. The molecule has 0 fully saturated rings. The fourth-order valence-electron chi connectivity index (χ4n) is 2.79. The molecule has 28 heavy (non-hydrogen) atoms. The Hall–Kier alpha value is -2.51. The number of thioether (sulfide) groups is 1. The van der Waals surface area contributed by atoms with E-state index >= 15 is 0 Å². The Kier molecular flexibility index (Phi) is 7.90. The third kappa shape index (κ3) is 6.00. The van der Waals surface area contributed by atoms with Crippen LogP contribution in [0.1, 0.15) is 39.2 Å². The van der Waals surface area contributed by atoms with Crippen LogP contribution in [0.15, 0.2) is 42.5 Å². The van der Waals surface area contributed by atoms with Gasteiger partial charge in [-0.25, -0.2) is 4.79 Å². The van der Waals surface area contributed by atoms with E-state index in [1.165, 1.54) is 5.56 Å². The first-order valence-corrected chi connectivity index (χ1v) is 9.88. The van der Waals surface area contributed by atoms with Gasteiger partial charge in [-0.1, -0.05) is 24.3 Å². The maximum atomic E-state index is 11.4. The summed E-state index contributed by atoms with van der Waals surface area (Å²) in [6, 6.07) is 13.4. The van der Waals surface area contributed by atoms with Crippen molar-refractivity contribution in [2.24, 2.45) is 0 Å². The second kappa shape index (κ2) is 10.1. The zero-order valence-electron chi connectivity index (χ0n) is 16.2. The summed E-state index contributed by atoms with van der Waals surface area (Å²) in [6.07, 6.45) is 0. The van der Waals surface area contributed by atoms with Gasteiger partial charge in [0.1, 0.15) is 12.4 Å². The lowest BCUT2D eigenvalue weighted by Crippen LogP contribution is -2.15. The molecule has 0 saturated carbocycles. The average molecular weight is 404 g/mol. The van der Waals surface area contributed by atoms with Crippen LogP contribution in [-0.4, -0.2) is 53.4 Å². The molecule has 7 heteroatoms. The van der Waals surface area contributed by atoms with Gasteiger partial charge in [-0.15, -0.1) is 11.8 Å². The number of carboxylic acids is 2. The molecule has 1 atom stereocenters. The number of nitrogens with zero attached hydrogens (tertiary/aromatic N) is 1. The zero-order chi connectivity index (χ0) is 20.7. The Labute approximate surface area is 169 Å². The molecule has 2 aromatic rings. The minimum Gasteiger partial charge on any atom is -0.489 e. The number of aromatic carboxylic acids is 1. The standard InChI is InChI=1S/C19H21NO3S.C2H4O2/c1-20(2)9-10-24-18-15-6-4-3-5-14(15)12-23-17-8-7-13(19(21)22)11-16(17)18;1-2(3)4/h3-8,11,18H,9-10,12H2,1-2H3,(H,21,22);1H3,(H,3,4). The van der Waals surface area contributed by atoms with Crippen LogP contribution >= 0.6 is 11.8 Å². The molecule has 0 aliphatic carbocycles. The third-order valence-electron chi connectivity index (χ3n) is 4.08.